The van der Waals surface area contributed by atoms with Crippen molar-refractivity contribution in [3.63, 3.8) is 0 Å². The van der Waals surface area contributed by atoms with Crippen LogP contribution < -0.4 is 5.32 Å². The maximum Gasteiger partial charge on any atom is 0.323 e. The quantitative estimate of drug-likeness (QED) is 0.827. The summed E-state index contributed by atoms with van der Waals surface area (Å²) in [5.41, 5.74) is 0.989. The number of nitrogens with one attached hydrogen (secondary N) is 1. The van der Waals surface area contributed by atoms with Gasteiger partial charge in [0, 0.05) is 24.7 Å². The zero-order chi connectivity index (χ0) is 15.1. The number of carbonyl (C=O) groups excluding carboxylic acids is 2. The van der Waals surface area contributed by atoms with E-state index in [1.54, 1.807) is 24.3 Å². The Hall–Kier alpha value is -2.37. The summed E-state index contributed by atoms with van der Waals surface area (Å²) < 4.78 is 0. The third kappa shape index (κ3) is 4.72. The van der Waals surface area contributed by atoms with E-state index in [0.717, 1.165) is 0 Å². The Kier molecular flexibility index (Phi) is 5.71. The van der Waals surface area contributed by atoms with Gasteiger partial charge in [-0.05, 0) is 30.7 Å². The second kappa shape index (κ2) is 7.28. The molecule has 0 atom stereocenters. The third-order valence-electron chi connectivity index (χ3n) is 2.56. The average molecular weight is 278 g/mol. The first-order chi connectivity index (χ1) is 9.43. The number of rotatable bonds is 6. The Morgan fingerprint density at radius 3 is 2.25 bits per heavy atom. The van der Waals surface area contributed by atoms with E-state index in [1.807, 2.05) is 6.92 Å². The van der Waals surface area contributed by atoms with Crippen molar-refractivity contribution >= 4 is 23.5 Å². The molecule has 1 rings (SSSR count). The van der Waals surface area contributed by atoms with Gasteiger partial charge in [0.25, 0.3) is 5.91 Å². The molecule has 0 unspecified atom stereocenters. The van der Waals surface area contributed by atoms with Crippen molar-refractivity contribution in [3.8, 4) is 0 Å². The van der Waals surface area contributed by atoms with Crippen LogP contribution in [0.3, 0.4) is 0 Å². The van der Waals surface area contributed by atoms with Gasteiger partial charge in [0.15, 0.2) is 0 Å². The van der Waals surface area contributed by atoms with Crippen LogP contribution in [0, 0.1) is 0 Å². The van der Waals surface area contributed by atoms with E-state index < -0.39 is 5.97 Å². The monoisotopic (exact) mass is 278 g/mol. The molecular weight excluding hydrogens is 260 g/mol. The molecule has 2 amide bonds. The number of carbonyl (C=O) groups is 3. The van der Waals surface area contributed by atoms with E-state index in [9.17, 15) is 14.4 Å². The molecule has 108 valence electrons. The summed E-state index contributed by atoms with van der Waals surface area (Å²) in [6.07, 6.45) is 0.684. The van der Waals surface area contributed by atoms with Crippen LogP contribution in [0.25, 0.3) is 0 Å². The zero-order valence-corrected chi connectivity index (χ0v) is 11.5. The van der Waals surface area contributed by atoms with Gasteiger partial charge < -0.3 is 15.3 Å². The number of nitrogens with zero attached hydrogens (tertiary/aromatic N) is 1. The van der Waals surface area contributed by atoms with Gasteiger partial charge in [-0.15, -0.1) is 0 Å². The van der Waals surface area contributed by atoms with Crippen molar-refractivity contribution in [2.24, 2.45) is 0 Å². The molecule has 0 radical (unpaired) electrons. The Balaban J connectivity index is 2.83. The van der Waals surface area contributed by atoms with Crippen LogP contribution in [0.5, 0.6) is 0 Å². The minimum Gasteiger partial charge on any atom is -0.480 e. The van der Waals surface area contributed by atoms with Gasteiger partial charge in [-0.25, -0.2) is 0 Å². The summed E-state index contributed by atoms with van der Waals surface area (Å²) >= 11 is 0. The minimum atomic E-state index is -1.04. The number of carboxylic acids is 1. The van der Waals surface area contributed by atoms with Gasteiger partial charge in [0.1, 0.15) is 6.54 Å². The SMILES string of the molecule is CCCN(CC(=O)O)C(=O)c1ccc(NC(C)=O)cc1. The predicted molar refractivity (Wildman–Crippen MR) is 74.6 cm³/mol. The number of anilines is 1. The van der Waals surface area contributed by atoms with Crippen LogP contribution in [-0.4, -0.2) is 40.9 Å². The lowest BCUT2D eigenvalue weighted by atomic mass is 10.1. The van der Waals surface area contributed by atoms with Crippen LogP contribution in [-0.2, 0) is 9.59 Å². The molecule has 0 aliphatic rings. The summed E-state index contributed by atoms with van der Waals surface area (Å²) in [7, 11) is 0. The van der Waals surface area contributed by atoms with E-state index in [0.29, 0.717) is 24.2 Å². The average Bonchev–Trinajstić information content (AvgIpc) is 2.37. The third-order valence-corrected chi connectivity index (χ3v) is 2.56. The van der Waals surface area contributed by atoms with Gasteiger partial charge in [-0.1, -0.05) is 6.92 Å². The fourth-order valence-corrected chi connectivity index (χ4v) is 1.77. The van der Waals surface area contributed by atoms with Crippen molar-refractivity contribution in [2.45, 2.75) is 20.3 Å². The molecule has 0 spiro atoms. The molecule has 0 saturated heterocycles. The number of hydrogen-bond acceptors (Lipinski definition) is 3. The summed E-state index contributed by atoms with van der Waals surface area (Å²) in [4.78, 5) is 35.1. The van der Waals surface area contributed by atoms with E-state index in [4.69, 9.17) is 5.11 Å². The minimum absolute atomic E-state index is 0.192. The van der Waals surface area contributed by atoms with Gasteiger partial charge in [-0.2, -0.15) is 0 Å². The molecule has 0 bridgehead atoms. The highest BCUT2D eigenvalue weighted by molar-refractivity contribution is 5.96. The lowest BCUT2D eigenvalue weighted by molar-refractivity contribution is -0.137. The van der Waals surface area contributed by atoms with Crippen molar-refractivity contribution < 1.29 is 19.5 Å². The second-order valence-electron chi connectivity index (χ2n) is 4.38. The number of amides is 2. The summed E-state index contributed by atoms with van der Waals surface area (Å²) in [6.45, 7) is 3.34. The van der Waals surface area contributed by atoms with Crippen molar-refractivity contribution in [2.75, 3.05) is 18.4 Å². The molecule has 0 saturated carbocycles. The smallest absolute Gasteiger partial charge is 0.323 e. The van der Waals surface area contributed by atoms with Crippen molar-refractivity contribution in [3.05, 3.63) is 29.8 Å². The van der Waals surface area contributed by atoms with Crippen LogP contribution in [0.1, 0.15) is 30.6 Å². The first-order valence-corrected chi connectivity index (χ1v) is 6.32. The first kappa shape index (κ1) is 15.7. The number of aliphatic carboxylic acids is 1. The van der Waals surface area contributed by atoms with Gasteiger partial charge >= 0.3 is 5.97 Å². The van der Waals surface area contributed by atoms with E-state index in [-0.39, 0.29) is 18.4 Å². The molecule has 20 heavy (non-hydrogen) atoms. The topological polar surface area (TPSA) is 86.7 Å². The fraction of sp³-hybridized carbons (Fsp3) is 0.357. The zero-order valence-electron chi connectivity index (χ0n) is 11.5. The fourth-order valence-electron chi connectivity index (χ4n) is 1.77. The highest BCUT2D eigenvalue weighted by atomic mass is 16.4. The lowest BCUT2D eigenvalue weighted by Gasteiger charge is -2.20. The Morgan fingerprint density at radius 1 is 1.20 bits per heavy atom. The molecule has 0 aliphatic heterocycles. The van der Waals surface area contributed by atoms with E-state index in [1.165, 1.54) is 11.8 Å². The van der Waals surface area contributed by atoms with Crippen molar-refractivity contribution in [1.82, 2.24) is 4.90 Å². The van der Waals surface area contributed by atoms with Gasteiger partial charge in [0.2, 0.25) is 5.91 Å². The molecule has 0 aliphatic carbocycles. The molecular formula is C14H18N2O4. The first-order valence-electron chi connectivity index (χ1n) is 6.32. The maximum atomic E-state index is 12.2. The number of benzene rings is 1. The predicted octanol–water partition coefficient (Wildman–Crippen LogP) is 1.58. The highest BCUT2D eigenvalue weighted by Gasteiger charge is 2.17. The molecule has 1 aromatic rings. The van der Waals surface area contributed by atoms with Gasteiger partial charge in [-0.3, -0.25) is 14.4 Å². The Morgan fingerprint density at radius 2 is 1.80 bits per heavy atom. The largest absolute Gasteiger partial charge is 0.480 e. The summed E-state index contributed by atoms with van der Waals surface area (Å²) in [5.74, 6) is -1.56. The molecule has 1 aromatic carbocycles. The highest BCUT2D eigenvalue weighted by Crippen LogP contribution is 2.12. The van der Waals surface area contributed by atoms with Crippen molar-refractivity contribution in [1.29, 1.82) is 0 Å². The van der Waals surface area contributed by atoms with Gasteiger partial charge in [0.05, 0.1) is 0 Å². The molecule has 6 nitrogen and oxygen atoms in total. The normalized spacial score (nSPS) is 9.90. The number of hydrogen-bond donors (Lipinski definition) is 2. The van der Waals surface area contributed by atoms with E-state index >= 15 is 0 Å². The standard InChI is InChI=1S/C14H18N2O4/c1-3-8-16(9-13(18)19)14(20)11-4-6-12(7-5-11)15-10(2)17/h4-7H,3,8-9H2,1-2H3,(H,15,17)(H,18,19). The lowest BCUT2D eigenvalue weighted by Crippen LogP contribution is -2.36. The van der Waals surface area contributed by atoms with E-state index in [2.05, 4.69) is 5.32 Å². The second-order valence-corrected chi connectivity index (χ2v) is 4.38. The van der Waals surface area contributed by atoms with Crippen LogP contribution in [0.15, 0.2) is 24.3 Å². The molecule has 6 heteroatoms. The molecule has 0 aromatic heterocycles. The molecule has 0 heterocycles. The van der Waals surface area contributed by atoms with Crippen LogP contribution >= 0.6 is 0 Å². The summed E-state index contributed by atoms with van der Waals surface area (Å²) in [5, 5.41) is 11.4. The summed E-state index contributed by atoms with van der Waals surface area (Å²) in [6, 6.07) is 6.36. The molecule has 0 fully saturated rings. The van der Waals surface area contributed by atoms with Crippen LogP contribution in [0.2, 0.25) is 0 Å². The molecule has 2 N–H and O–H groups in total. The Bertz CT molecular complexity index is 496. The van der Waals surface area contributed by atoms with Crippen LogP contribution in [0.4, 0.5) is 5.69 Å². The Labute approximate surface area is 117 Å². The maximum absolute atomic E-state index is 12.2. The number of carboxylic acid groups (broad SMARTS) is 1.